The molecule has 1 aromatic carbocycles. The zero-order chi connectivity index (χ0) is 18.4. The topological polar surface area (TPSA) is 79.4 Å². The van der Waals surface area contributed by atoms with Gasteiger partial charge in [-0.25, -0.2) is 8.42 Å². The van der Waals surface area contributed by atoms with Crippen molar-refractivity contribution < 1.29 is 13.2 Å². The molecule has 6 nitrogen and oxygen atoms in total. The molecule has 0 saturated carbocycles. The molecule has 0 atom stereocenters. The number of halogens is 1. The van der Waals surface area contributed by atoms with E-state index in [4.69, 9.17) is 0 Å². The molecular formula is C17H20BrN3O3S. The Morgan fingerprint density at radius 3 is 2.56 bits per heavy atom. The molecule has 0 aliphatic rings. The molecule has 0 spiro atoms. The summed E-state index contributed by atoms with van der Waals surface area (Å²) in [5.41, 5.74) is 1.14. The highest BCUT2D eigenvalue weighted by Crippen LogP contribution is 2.23. The van der Waals surface area contributed by atoms with Gasteiger partial charge in [-0.1, -0.05) is 19.9 Å². The highest BCUT2D eigenvalue weighted by atomic mass is 79.9. The molecule has 1 aromatic heterocycles. The van der Waals surface area contributed by atoms with Gasteiger partial charge in [0.15, 0.2) is 0 Å². The van der Waals surface area contributed by atoms with E-state index in [0.29, 0.717) is 24.1 Å². The summed E-state index contributed by atoms with van der Waals surface area (Å²) < 4.78 is 27.2. The minimum Gasteiger partial charge on any atom is -0.348 e. The minimum atomic E-state index is -3.62. The molecule has 0 radical (unpaired) electrons. The quantitative estimate of drug-likeness (QED) is 0.739. The number of carbonyl (C=O) groups is 1. The van der Waals surface area contributed by atoms with Crippen molar-refractivity contribution >= 4 is 31.9 Å². The molecule has 1 N–H and O–H groups in total. The van der Waals surface area contributed by atoms with Crippen LogP contribution >= 0.6 is 15.9 Å². The van der Waals surface area contributed by atoms with E-state index in [9.17, 15) is 13.2 Å². The molecule has 8 heteroatoms. The fourth-order valence-electron chi connectivity index (χ4n) is 2.33. The Morgan fingerprint density at radius 1 is 1.24 bits per heavy atom. The van der Waals surface area contributed by atoms with Crippen molar-refractivity contribution in [3.05, 3.63) is 58.3 Å². The van der Waals surface area contributed by atoms with E-state index in [0.717, 1.165) is 5.56 Å². The standard InChI is InChI=1S/C17H20BrN3O3S/c1-3-21(4-2)25(23,24)14-7-8-16(18)15(10-14)17(22)20-12-13-6-5-9-19-11-13/h5-11H,3-4,12H2,1-2H3,(H,20,22). The largest absolute Gasteiger partial charge is 0.348 e. The number of rotatable bonds is 7. The molecule has 1 amide bonds. The summed E-state index contributed by atoms with van der Waals surface area (Å²) in [5, 5.41) is 2.77. The van der Waals surface area contributed by atoms with Crippen LogP contribution in [-0.4, -0.2) is 36.7 Å². The zero-order valence-corrected chi connectivity index (χ0v) is 16.5. The van der Waals surface area contributed by atoms with Crippen LogP contribution in [0.5, 0.6) is 0 Å². The van der Waals surface area contributed by atoms with Gasteiger partial charge in [-0.3, -0.25) is 9.78 Å². The van der Waals surface area contributed by atoms with Crippen molar-refractivity contribution in [2.75, 3.05) is 13.1 Å². The van der Waals surface area contributed by atoms with Crippen LogP contribution in [0, 0.1) is 0 Å². The van der Waals surface area contributed by atoms with E-state index in [1.807, 2.05) is 6.07 Å². The number of sulfonamides is 1. The van der Waals surface area contributed by atoms with E-state index in [1.165, 1.54) is 16.4 Å². The Hall–Kier alpha value is -1.77. The Kier molecular flexibility index (Phi) is 6.69. The van der Waals surface area contributed by atoms with Crippen molar-refractivity contribution in [3.8, 4) is 0 Å². The fraction of sp³-hybridized carbons (Fsp3) is 0.294. The number of hydrogen-bond acceptors (Lipinski definition) is 4. The second-order valence-corrected chi connectivity index (χ2v) is 8.07. The van der Waals surface area contributed by atoms with Gasteiger partial charge in [0.1, 0.15) is 0 Å². The lowest BCUT2D eigenvalue weighted by Gasteiger charge is -2.19. The van der Waals surface area contributed by atoms with E-state index in [2.05, 4.69) is 26.2 Å². The molecule has 0 fully saturated rings. The second kappa shape index (κ2) is 8.55. The highest BCUT2D eigenvalue weighted by Gasteiger charge is 2.23. The van der Waals surface area contributed by atoms with Crippen molar-refractivity contribution in [3.63, 3.8) is 0 Å². The molecule has 2 rings (SSSR count). The number of nitrogens with one attached hydrogen (secondary N) is 1. The molecule has 0 bridgehead atoms. The highest BCUT2D eigenvalue weighted by molar-refractivity contribution is 9.10. The van der Waals surface area contributed by atoms with E-state index < -0.39 is 10.0 Å². The third kappa shape index (κ3) is 4.65. The second-order valence-electron chi connectivity index (χ2n) is 5.27. The molecule has 0 unspecified atom stereocenters. The van der Waals surface area contributed by atoms with Crippen molar-refractivity contribution in [2.45, 2.75) is 25.3 Å². The van der Waals surface area contributed by atoms with Crippen molar-refractivity contribution in [2.24, 2.45) is 0 Å². The first kappa shape index (κ1) is 19.6. The number of benzene rings is 1. The van der Waals surface area contributed by atoms with Crippen LogP contribution in [0.15, 0.2) is 52.1 Å². The number of carbonyl (C=O) groups excluding carboxylic acids is 1. The van der Waals surface area contributed by atoms with Crippen LogP contribution in [0.4, 0.5) is 0 Å². The summed E-state index contributed by atoms with van der Waals surface area (Å²) in [6.07, 6.45) is 3.32. The van der Waals surface area contributed by atoms with Gasteiger partial charge < -0.3 is 5.32 Å². The van der Waals surface area contributed by atoms with E-state index >= 15 is 0 Å². The van der Waals surface area contributed by atoms with E-state index in [1.54, 1.807) is 38.4 Å². The SMILES string of the molecule is CCN(CC)S(=O)(=O)c1ccc(Br)c(C(=O)NCc2cccnc2)c1. The lowest BCUT2D eigenvalue weighted by atomic mass is 10.2. The third-order valence-corrected chi connectivity index (χ3v) is 6.44. The van der Waals surface area contributed by atoms with E-state index in [-0.39, 0.29) is 16.4 Å². The lowest BCUT2D eigenvalue weighted by molar-refractivity contribution is 0.0950. The fourth-order valence-corrected chi connectivity index (χ4v) is 4.24. The molecule has 1 heterocycles. The lowest BCUT2D eigenvalue weighted by Crippen LogP contribution is -2.31. The van der Waals surface area contributed by atoms with Crippen molar-refractivity contribution in [1.82, 2.24) is 14.6 Å². The number of hydrogen-bond donors (Lipinski definition) is 1. The molecule has 0 aliphatic heterocycles. The van der Waals surface area contributed by atoms with Crippen LogP contribution in [0.1, 0.15) is 29.8 Å². The summed E-state index contributed by atoms with van der Waals surface area (Å²) in [5.74, 6) is -0.354. The van der Waals surface area contributed by atoms with Gasteiger partial charge in [0.2, 0.25) is 10.0 Å². The first-order valence-electron chi connectivity index (χ1n) is 7.87. The summed E-state index contributed by atoms with van der Waals surface area (Å²) >= 11 is 3.31. The van der Waals surface area contributed by atoms with Gasteiger partial charge >= 0.3 is 0 Å². The molecule has 134 valence electrons. The van der Waals surface area contributed by atoms with Crippen molar-refractivity contribution in [1.29, 1.82) is 0 Å². The molecule has 25 heavy (non-hydrogen) atoms. The smallest absolute Gasteiger partial charge is 0.252 e. The monoisotopic (exact) mass is 425 g/mol. The van der Waals surface area contributed by atoms with Crippen LogP contribution in [-0.2, 0) is 16.6 Å². The first-order chi connectivity index (χ1) is 11.9. The first-order valence-corrected chi connectivity index (χ1v) is 10.1. The van der Waals surface area contributed by atoms with Gasteiger partial charge in [0.25, 0.3) is 5.91 Å². The Bertz CT molecular complexity index is 837. The average molecular weight is 426 g/mol. The maximum atomic E-state index is 12.6. The molecule has 2 aromatic rings. The van der Waals surface area contributed by atoms with Crippen LogP contribution in [0.25, 0.3) is 0 Å². The third-order valence-electron chi connectivity index (χ3n) is 3.70. The Morgan fingerprint density at radius 2 is 1.96 bits per heavy atom. The van der Waals surface area contributed by atoms with Crippen LogP contribution < -0.4 is 5.32 Å². The average Bonchev–Trinajstić information content (AvgIpc) is 2.61. The maximum Gasteiger partial charge on any atom is 0.252 e. The van der Waals surface area contributed by atoms with Gasteiger partial charge in [-0.05, 0) is 45.8 Å². The van der Waals surface area contributed by atoms with Gasteiger partial charge in [-0.2, -0.15) is 4.31 Å². The number of pyridine rings is 1. The number of aromatic nitrogens is 1. The predicted molar refractivity (Wildman–Crippen MR) is 99.7 cm³/mol. The normalized spacial score (nSPS) is 11.5. The number of amides is 1. The van der Waals surface area contributed by atoms with Gasteiger partial charge in [0.05, 0.1) is 10.5 Å². The van der Waals surface area contributed by atoms with Crippen LogP contribution in [0.2, 0.25) is 0 Å². The Labute approximate surface area is 156 Å². The zero-order valence-electron chi connectivity index (χ0n) is 14.1. The predicted octanol–water partition coefficient (Wildman–Crippen LogP) is 2.80. The summed E-state index contributed by atoms with van der Waals surface area (Å²) in [6.45, 7) is 4.61. The summed E-state index contributed by atoms with van der Waals surface area (Å²) in [4.78, 5) is 16.6. The van der Waals surface area contributed by atoms with Gasteiger partial charge in [-0.15, -0.1) is 0 Å². The molecule has 0 saturated heterocycles. The van der Waals surface area contributed by atoms with Gasteiger partial charge in [0, 0.05) is 36.5 Å². The maximum absolute atomic E-state index is 12.6. The number of nitrogens with zero attached hydrogens (tertiary/aromatic N) is 2. The molecular weight excluding hydrogens is 406 g/mol. The Balaban J connectivity index is 2.25. The minimum absolute atomic E-state index is 0.103. The molecule has 0 aliphatic carbocycles. The van der Waals surface area contributed by atoms with Crippen LogP contribution in [0.3, 0.4) is 0 Å². The summed E-state index contributed by atoms with van der Waals surface area (Å²) in [6, 6.07) is 8.11. The summed E-state index contributed by atoms with van der Waals surface area (Å²) in [7, 11) is -3.62.